The Hall–Kier alpha value is -2.93. The minimum atomic E-state index is -1.74. The smallest absolute Gasteiger partial charge is 0.262 e. The fraction of sp³-hybridized carbons (Fsp3) is 0.444. The van der Waals surface area contributed by atoms with Crippen molar-refractivity contribution in [3.8, 4) is 0 Å². The van der Waals surface area contributed by atoms with Gasteiger partial charge in [0, 0.05) is 42.0 Å². The van der Waals surface area contributed by atoms with Gasteiger partial charge in [-0.05, 0) is 68.2 Å². The predicted octanol–water partition coefficient (Wildman–Crippen LogP) is 3.94. The molecule has 5 aliphatic rings. The molecule has 0 saturated carbocycles. The Balaban J connectivity index is 1.49. The number of benzene rings is 1. The second kappa shape index (κ2) is 7.28. The molecular weight excluding hydrogens is 438 g/mol. The highest BCUT2D eigenvalue weighted by Gasteiger charge is 2.45. The summed E-state index contributed by atoms with van der Waals surface area (Å²) < 4.78 is 36.4. The van der Waals surface area contributed by atoms with Gasteiger partial charge in [-0.2, -0.15) is 4.39 Å². The first kappa shape index (κ1) is 21.6. The molecule has 5 bridgehead atoms. The van der Waals surface area contributed by atoms with E-state index >= 15 is 8.78 Å². The zero-order chi connectivity index (χ0) is 23.8. The van der Waals surface area contributed by atoms with Gasteiger partial charge in [0.15, 0.2) is 0 Å². The van der Waals surface area contributed by atoms with Crippen LogP contribution in [0.4, 0.5) is 14.5 Å². The molecule has 1 aromatic rings. The SMILES string of the molecule is CC(C)(O)C1CN(c2cc3c(cc2F)/C=C2/C4CC5(C=C(/C=C\C=C(/C5)OC2F)C(=O)N4)C3)C1. The average molecular weight is 467 g/mol. The third-order valence-electron chi connectivity index (χ3n) is 7.94. The van der Waals surface area contributed by atoms with Gasteiger partial charge in [0.05, 0.1) is 17.3 Å². The number of allylic oxidation sites excluding steroid dienone is 4. The van der Waals surface area contributed by atoms with Crippen LogP contribution in [-0.2, 0) is 16.0 Å². The first-order valence-electron chi connectivity index (χ1n) is 11.8. The molecule has 0 radical (unpaired) electrons. The van der Waals surface area contributed by atoms with Crippen molar-refractivity contribution < 1.29 is 23.4 Å². The van der Waals surface area contributed by atoms with Crippen LogP contribution in [0.5, 0.6) is 0 Å². The van der Waals surface area contributed by atoms with E-state index in [9.17, 15) is 9.90 Å². The first-order valence-corrected chi connectivity index (χ1v) is 11.8. The largest absolute Gasteiger partial charge is 0.461 e. The molecule has 1 aromatic carbocycles. The normalized spacial score (nSPS) is 34.2. The van der Waals surface area contributed by atoms with Crippen molar-refractivity contribution >= 4 is 17.7 Å². The number of alkyl halides is 1. The molecule has 1 spiro atoms. The van der Waals surface area contributed by atoms with E-state index < -0.39 is 23.4 Å². The number of anilines is 1. The molecule has 0 aromatic heterocycles. The number of carbonyl (C=O) groups excluding carboxylic acids is 1. The topological polar surface area (TPSA) is 61.8 Å². The predicted molar refractivity (Wildman–Crippen MR) is 125 cm³/mol. The van der Waals surface area contributed by atoms with Crippen molar-refractivity contribution in [2.45, 2.75) is 51.1 Å². The number of halogens is 2. The molecule has 2 aliphatic carbocycles. The number of nitrogens with one attached hydrogen (secondary N) is 1. The number of aliphatic hydroxyl groups is 1. The van der Waals surface area contributed by atoms with Gasteiger partial charge >= 0.3 is 0 Å². The summed E-state index contributed by atoms with van der Waals surface area (Å²) in [5, 5.41) is 13.3. The molecule has 7 heteroatoms. The Bertz CT molecular complexity index is 1200. The highest BCUT2D eigenvalue weighted by atomic mass is 19.1. The van der Waals surface area contributed by atoms with Gasteiger partial charge in [-0.3, -0.25) is 4.79 Å². The molecule has 3 atom stereocenters. The summed E-state index contributed by atoms with van der Waals surface area (Å²) in [5.41, 5.74) is 1.59. The van der Waals surface area contributed by atoms with E-state index in [4.69, 9.17) is 4.74 Å². The van der Waals surface area contributed by atoms with E-state index in [1.165, 1.54) is 6.07 Å². The van der Waals surface area contributed by atoms with Crippen LogP contribution in [0.3, 0.4) is 0 Å². The maximum atomic E-state index is 15.4. The summed E-state index contributed by atoms with van der Waals surface area (Å²) in [7, 11) is 0. The van der Waals surface area contributed by atoms with Crippen molar-refractivity contribution in [3.63, 3.8) is 0 Å². The first-order chi connectivity index (χ1) is 16.1. The number of ether oxygens (including phenoxy) is 1. The molecule has 2 N–H and O–H groups in total. The highest BCUT2D eigenvalue weighted by molar-refractivity contribution is 5.97. The van der Waals surface area contributed by atoms with Crippen LogP contribution in [-0.4, -0.2) is 42.1 Å². The van der Waals surface area contributed by atoms with E-state index in [0.717, 1.165) is 5.56 Å². The summed E-state index contributed by atoms with van der Waals surface area (Å²) in [5.74, 6) is -0.000842. The highest BCUT2D eigenvalue weighted by Crippen LogP contribution is 2.48. The van der Waals surface area contributed by atoms with Crippen LogP contribution in [0, 0.1) is 17.2 Å². The van der Waals surface area contributed by atoms with Crippen LogP contribution in [0.1, 0.15) is 37.8 Å². The van der Waals surface area contributed by atoms with Gasteiger partial charge in [0.1, 0.15) is 11.6 Å². The molecule has 3 unspecified atom stereocenters. The molecule has 6 rings (SSSR count). The molecule has 2 saturated heterocycles. The molecule has 178 valence electrons. The maximum Gasteiger partial charge on any atom is 0.262 e. The Labute approximate surface area is 197 Å². The number of carbonyl (C=O) groups is 1. The number of hydrogen-bond donors (Lipinski definition) is 2. The van der Waals surface area contributed by atoms with Crippen LogP contribution >= 0.6 is 0 Å². The second-order valence-electron chi connectivity index (χ2n) is 10.9. The lowest BCUT2D eigenvalue weighted by atomic mass is 9.69. The third-order valence-corrected chi connectivity index (χ3v) is 7.94. The standard InChI is InChI=1S/C27H28F2N2O3/c1-26(2,33)18-13-31(14-18)23-8-17-10-27-9-15-4-3-5-19(11-27)34-24(29)20(6-16(17)7-21(23)28)22(12-27)30-25(15)32/h3-9,18,22,24,33H,10-14H2,1-2H3,(H,30,32)/b4-3-,19-5+,20-6-. The Morgan fingerprint density at radius 2 is 2.06 bits per heavy atom. The summed E-state index contributed by atoms with van der Waals surface area (Å²) >= 11 is 0. The van der Waals surface area contributed by atoms with Crippen molar-refractivity contribution in [1.29, 1.82) is 0 Å². The van der Waals surface area contributed by atoms with E-state index in [1.54, 1.807) is 38.2 Å². The Morgan fingerprint density at radius 3 is 2.82 bits per heavy atom. The van der Waals surface area contributed by atoms with Gasteiger partial charge in [0.2, 0.25) is 0 Å². The quantitative estimate of drug-likeness (QED) is 0.693. The monoisotopic (exact) mass is 466 g/mol. The molecule has 3 heterocycles. The fourth-order valence-electron chi connectivity index (χ4n) is 5.89. The summed E-state index contributed by atoms with van der Waals surface area (Å²) in [6.07, 6.45) is 8.68. The Morgan fingerprint density at radius 1 is 1.26 bits per heavy atom. The summed E-state index contributed by atoms with van der Waals surface area (Å²) in [4.78, 5) is 14.9. The number of amides is 1. The summed E-state index contributed by atoms with van der Waals surface area (Å²) in [6, 6.07) is 2.80. The number of hydrogen-bond acceptors (Lipinski definition) is 4. The molecule has 34 heavy (non-hydrogen) atoms. The lowest BCUT2D eigenvalue weighted by Gasteiger charge is -2.47. The van der Waals surface area contributed by atoms with Crippen LogP contribution in [0.2, 0.25) is 0 Å². The number of nitrogens with zero attached hydrogens (tertiary/aromatic N) is 1. The van der Waals surface area contributed by atoms with E-state index in [1.807, 2.05) is 17.0 Å². The van der Waals surface area contributed by atoms with Gasteiger partial charge < -0.3 is 20.1 Å². The molecular formula is C27H28F2N2O3. The van der Waals surface area contributed by atoms with Crippen LogP contribution in [0.15, 0.2) is 53.3 Å². The van der Waals surface area contributed by atoms with Gasteiger partial charge in [0.25, 0.3) is 12.3 Å². The zero-order valence-corrected chi connectivity index (χ0v) is 19.3. The average Bonchev–Trinajstić information content (AvgIpc) is 2.83. The van der Waals surface area contributed by atoms with Gasteiger partial charge in [-0.25, -0.2) is 4.39 Å². The van der Waals surface area contributed by atoms with E-state index in [0.29, 0.717) is 60.5 Å². The van der Waals surface area contributed by atoms with E-state index in [2.05, 4.69) is 5.32 Å². The molecule has 2 fully saturated rings. The number of fused-ring (bicyclic) bond motifs is 2. The molecule has 5 nitrogen and oxygen atoms in total. The minimum Gasteiger partial charge on any atom is -0.461 e. The number of rotatable bonds is 2. The lowest BCUT2D eigenvalue weighted by molar-refractivity contribution is -0.117. The zero-order valence-electron chi connectivity index (χ0n) is 19.3. The summed E-state index contributed by atoms with van der Waals surface area (Å²) in [6.45, 7) is 4.71. The maximum absolute atomic E-state index is 15.4. The lowest BCUT2D eigenvalue weighted by Crippen LogP contribution is -2.56. The van der Waals surface area contributed by atoms with Crippen molar-refractivity contribution in [3.05, 3.63) is 70.3 Å². The van der Waals surface area contributed by atoms with Crippen molar-refractivity contribution in [2.24, 2.45) is 11.3 Å². The van der Waals surface area contributed by atoms with Gasteiger partial charge in [-0.1, -0.05) is 12.2 Å². The third kappa shape index (κ3) is 3.49. The Kier molecular flexibility index (Phi) is 4.63. The fourth-order valence-corrected chi connectivity index (χ4v) is 5.89. The van der Waals surface area contributed by atoms with Crippen LogP contribution in [0.25, 0.3) is 6.08 Å². The van der Waals surface area contributed by atoms with Crippen molar-refractivity contribution in [1.82, 2.24) is 5.32 Å². The van der Waals surface area contributed by atoms with Crippen LogP contribution < -0.4 is 10.2 Å². The van der Waals surface area contributed by atoms with E-state index in [-0.39, 0.29) is 17.6 Å². The van der Waals surface area contributed by atoms with Crippen molar-refractivity contribution in [2.75, 3.05) is 18.0 Å². The second-order valence-corrected chi connectivity index (χ2v) is 10.9. The molecule has 1 amide bonds. The van der Waals surface area contributed by atoms with Gasteiger partial charge in [-0.15, -0.1) is 0 Å². The minimum absolute atomic E-state index is 0.0734. The molecule has 3 aliphatic heterocycles.